The van der Waals surface area contributed by atoms with Crippen molar-refractivity contribution in [2.24, 2.45) is 11.7 Å². The SMILES string of the molecule is NC(=O)[C@H]1CCCN(c2ccc(CNC(=O)[C@H]3COCCO3)cc2)C1. The fourth-order valence-corrected chi connectivity index (χ4v) is 3.21. The molecule has 2 aliphatic rings. The van der Waals surface area contributed by atoms with Crippen LogP contribution in [0.4, 0.5) is 5.69 Å². The van der Waals surface area contributed by atoms with Gasteiger partial charge < -0.3 is 25.4 Å². The van der Waals surface area contributed by atoms with Crippen molar-refractivity contribution in [1.29, 1.82) is 0 Å². The summed E-state index contributed by atoms with van der Waals surface area (Å²) in [5.74, 6) is -0.451. The fraction of sp³-hybridized carbons (Fsp3) is 0.556. The molecule has 136 valence electrons. The highest BCUT2D eigenvalue weighted by molar-refractivity contribution is 5.81. The normalized spacial score (nSPS) is 23.9. The molecule has 2 heterocycles. The van der Waals surface area contributed by atoms with Crippen LogP contribution in [0.2, 0.25) is 0 Å². The van der Waals surface area contributed by atoms with Gasteiger partial charge >= 0.3 is 0 Å². The molecule has 7 nitrogen and oxygen atoms in total. The average molecular weight is 347 g/mol. The van der Waals surface area contributed by atoms with Crippen molar-refractivity contribution < 1.29 is 19.1 Å². The van der Waals surface area contributed by atoms with Crippen LogP contribution >= 0.6 is 0 Å². The summed E-state index contributed by atoms with van der Waals surface area (Å²) in [6, 6.07) is 8.01. The van der Waals surface area contributed by atoms with Gasteiger partial charge in [-0.1, -0.05) is 12.1 Å². The lowest BCUT2D eigenvalue weighted by Crippen LogP contribution is -2.42. The van der Waals surface area contributed by atoms with Gasteiger partial charge in [-0.2, -0.15) is 0 Å². The molecule has 0 bridgehead atoms. The summed E-state index contributed by atoms with van der Waals surface area (Å²) in [5.41, 5.74) is 7.52. The number of nitrogens with one attached hydrogen (secondary N) is 1. The first-order chi connectivity index (χ1) is 12.1. The molecule has 0 spiro atoms. The number of piperidine rings is 1. The Morgan fingerprint density at radius 1 is 1.24 bits per heavy atom. The summed E-state index contributed by atoms with van der Waals surface area (Å²) >= 11 is 0. The molecule has 3 N–H and O–H groups in total. The molecule has 0 radical (unpaired) electrons. The van der Waals surface area contributed by atoms with E-state index in [4.69, 9.17) is 15.2 Å². The predicted molar refractivity (Wildman–Crippen MR) is 93.0 cm³/mol. The second-order valence-corrected chi connectivity index (χ2v) is 6.51. The van der Waals surface area contributed by atoms with Gasteiger partial charge in [-0.15, -0.1) is 0 Å². The van der Waals surface area contributed by atoms with Gasteiger partial charge in [0.1, 0.15) is 0 Å². The number of anilines is 1. The van der Waals surface area contributed by atoms with Gasteiger partial charge in [-0.3, -0.25) is 9.59 Å². The third kappa shape index (κ3) is 4.70. The zero-order valence-electron chi connectivity index (χ0n) is 14.3. The van der Waals surface area contributed by atoms with Crippen molar-refractivity contribution in [3.8, 4) is 0 Å². The van der Waals surface area contributed by atoms with E-state index in [2.05, 4.69) is 10.2 Å². The molecule has 0 aromatic heterocycles. The lowest BCUT2D eigenvalue weighted by Gasteiger charge is -2.33. The molecule has 2 amide bonds. The minimum Gasteiger partial charge on any atom is -0.376 e. The van der Waals surface area contributed by atoms with E-state index in [0.717, 1.165) is 30.6 Å². The zero-order chi connectivity index (χ0) is 17.6. The number of primary amides is 1. The first-order valence-corrected chi connectivity index (χ1v) is 8.74. The molecule has 0 aliphatic carbocycles. The number of rotatable bonds is 5. The third-order valence-corrected chi connectivity index (χ3v) is 4.70. The van der Waals surface area contributed by atoms with Gasteiger partial charge in [0.15, 0.2) is 6.10 Å². The van der Waals surface area contributed by atoms with E-state index in [1.807, 2.05) is 24.3 Å². The van der Waals surface area contributed by atoms with Crippen molar-refractivity contribution in [1.82, 2.24) is 5.32 Å². The molecular weight excluding hydrogens is 322 g/mol. The summed E-state index contributed by atoms with van der Waals surface area (Å²) in [6.45, 7) is 3.35. The zero-order valence-corrected chi connectivity index (χ0v) is 14.3. The Morgan fingerprint density at radius 2 is 2.04 bits per heavy atom. The van der Waals surface area contributed by atoms with Crippen LogP contribution < -0.4 is 16.0 Å². The van der Waals surface area contributed by atoms with Crippen LogP contribution in [-0.2, 0) is 25.6 Å². The van der Waals surface area contributed by atoms with Crippen molar-refractivity contribution in [3.05, 3.63) is 29.8 Å². The summed E-state index contributed by atoms with van der Waals surface area (Å²) in [5, 5.41) is 2.87. The topological polar surface area (TPSA) is 93.9 Å². The highest BCUT2D eigenvalue weighted by Crippen LogP contribution is 2.23. The van der Waals surface area contributed by atoms with Crippen LogP contribution in [0.1, 0.15) is 18.4 Å². The Bertz CT molecular complexity index is 599. The van der Waals surface area contributed by atoms with Gasteiger partial charge in [0.25, 0.3) is 5.91 Å². The summed E-state index contributed by atoms with van der Waals surface area (Å²) in [7, 11) is 0. The van der Waals surface area contributed by atoms with Crippen LogP contribution in [0.3, 0.4) is 0 Å². The van der Waals surface area contributed by atoms with E-state index in [1.54, 1.807) is 0 Å². The maximum absolute atomic E-state index is 12.0. The lowest BCUT2D eigenvalue weighted by atomic mass is 9.97. The van der Waals surface area contributed by atoms with E-state index in [0.29, 0.717) is 32.9 Å². The predicted octanol–water partition coefficient (Wildman–Crippen LogP) is 0.420. The Hall–Kier alpha value is -2.12. The van der Waals surface area contributed by atoms with Crippen molar-refractivity contribution in [2.75, 3.05) is 37.8 Å². The molecule has 2 atom stereocenters. The van der Waals surface area contributed by atoms with Crippen LogP contribution in [0.15, 0.2) is 24.3 Å². The fourth-order valence-electron chi connectivity index (χ4n) is 3.21. The molecular formula is C18H25N3O4. The third-order valence-electron chi connectivity index (χ3n) is 4.70. The number of hydrogen-bond donors (Lipinski definition) is 2. The van der Waals surface area contributed by atoms with E-state index < -0.39 is 6.10 Å². The van der Waals surface area contributed by atoms with Gasteiger partial charge in [-0.25, -0.2) is 0 Å². The smallest absolute Gasteiger partial charge is 0.251 e. The monoisotopic (exact) mass is 347 g/mol. The summed E-state index contributed by atoms with van der Waals surface area (Å²) in [6.07, 6.45) is 1.31. The summed E-state index contributed by atoms with van der Waals surface area (Å²) < 4.78 is 10.6. The molecule has 3 rings (SSSR count). The largest absolute Gasteiger partial charge is 0.376 e. The Kier molecular flexibility index (Phi) is 5.88. The molecule has 2 saturated heterocycles. The van der Waals surface area contributed by atoms with Gasteiger partial charge in [-0.05, 0) is 30.5 Å². The van der Waals surface area contributed by atoms with Gasteiger partial charge in [0, 0.05) is 25.3 Å². The second kappa shape index (κ2) is 8.31. The Balaban J connectivity index is 1.51. The van der Waals surface area contributed by atoms with Crippen molar-refractivity contribution in [3.63, 3.8) is 0 Å². The number of hydrogen-bond acceptors (Lipinski definition) is 5. The molecule has 0 unspecified atom stereocenters. The van der Waals surface area contributed by atoms with Crippen LogP contribution in [0.25, 0.3) is 0 Å². The number of carbonyl (C=O) groups is 2. The lowest BCUT2D eigenvalue weighted by molar-refractivity contribution is -0.147. The van der Waals surface area contributed by atoms with Gasteiger partial charge in [0.05, 0.1) is 25.7 Å². The first kappa shape index (κ1) is 17.7. The molecule has 25 heavy (non-hydrogen) atoms. The van der Waals surface area contributed by atoms with Gasteiger partial charge in [0.2, 0.25) is 5.91 Å². The van der Waals surface area contributed by atoms with Crippen LogP contribution in [0, 0.1) is 5.92 Å². The van der Waals surface area contributed by atoms with Crippen molar-refractivity contribution in [2.45, 2.75) is 25.5 Å². The Morgan fingerprint density at radius 3 is 2.72 bits per heavy atom. The maximum Gasteiger partial charge on any atom is 0.251 e. The molecule has 2 aliphatic heterocycles. The average Bonchev–Trinajstić information content (AvgIpc) is 2.67. The number of ether oxygens (including phenoxy) is 2. The second-order valence-electron chi connectivity index (χ2n) is 6.51. The molecule has 2 fully saturated rings. The van der Waals surface area contributed by atoms with E-state index >= 15 is 0 Å². The minimum absolute atomic E-state index is 0.0783. The number of carbonyl (C=O) groups excluding carboxylic acids is 2. The van der Waals surface area contributed by atoms with E-state index in [9.17, 15) is 9.59 Å². The highest BCUT2D eigenvalue weighted by Gasteiger charge is 2.24. The molecule has 0 saturated carbocycles. The molecule has 7 heteroatoms. The Labute approximate surface area is 147 Å². The van der Waals surface area contributed by atoms with Crippen LogP contribution in [-0.4, -0.2) is 50.8 Å². The summed E-state index contributed by atoms with van der Waals surface area (Å²) in [4.78, 5) is 25.6. The van der Waals surface area contributed by atoms with E-state index in [1.165, 1.54) is 0 Å². The quantitative estimate of drug-likeness (QED) is 0.805. The highest BCUT2D eigenvalue weighted by atomic mass is 16.6. The molecule has 1 aromatic rings. The number of amides is 2. The molecule has 1 aromatic carbocycles. The first-order valence-electron chi connectivity index (χ1n) is 8.74. The standard InChI is InChI=1S/C18H25N3O4/c19-17(22)14-2-1-7-21(11-14)15-5-3-13(4-6-15)10-20-18(23)16-12-24-8-9-25-16/h3-6,14,16H,1-2,7-12H2,(H2,19,22)(H,20,23)/t14-,16+/m0/s1. The van der Waals surface area contributed by atoms with Crippen LogP contribution in [0.5, 0.6) is 0 Å². The number of nitrogens with zero attached hydrogens (tertiary/aromatic N) is 1. The minimum atomic E-state index is -0.521. The number of nitrogens with two attached hydrogens (primary N) is 1. The van der Waals surface area contributed by atoms with Crippen molar-refractivity contribution >= 4 is 17.5 Å². The number of benzene rings is 1. The maximum atomic E-state index is 12.0. The van der Waals surface area contributed by atoms with E-state index in [-0.39, 0.29) is 17.7 Å².